The first kappa shape index (κ1) is 23.3. The van der Waals surface area contributed by atoms with Crippen molar-refractivity contribution in [2.75, 3.05) is 38.7 Å². The molecule has 2 amide bonds. The van der Waals surface area contributed by atoms with E-state index in [1.54, 1.807) is 23.1 Å². The van der Waals surface area contributed by atoms with Gasteiger partial charge in [0.05, 0.1) is 25.8 Å². The maximum Gasteiger partial charge on any atom is 0.254 e. The SMILES string of the molecule is COc1cc(C(N)=O)cc(-c2ccc3ncnc(Nc4cccc(C(=O)N5CCOCC5)c4)c3c2)c1. The summed E-state index contributed by atoms with van der Waals surface area (Å²) in [7, 11) is 1.54. The van der Waals surface area contributed by atoms with Gasteiger partial charge in [-0.3, -0.25) is 9.59 Å². The van der Waals surface area contributed by atoms with E-state index in [0.717, 1.165) is 27.7 Å². The van der Waals surface area contributed by atoms with Crippen LogP contribution in [0.2, 0.25) is 0 Å². The molecule has 182 valence electrons. The normalized spacial score (nSPS) is 13.4. The van der Waals surface area contributed by atoms with Gasteiger partial charge in [-0.05, 0) is 59.7 Å². The van der Waals surface area contributed by atoms with E-state index in [0.29, 0.717) is 49.0 Å². The van der Waals surface area contributed by atoms with Gasteiger partial charge in [0.25, 0.3) is 5.91 Å². The standard InChI is InChI=1S/C27H25N5O4/c1-35-22-13-19(11-20(14-22)25(28)33)17-5-6-24-23(15-17)26(30-16-29-24)31-21-4-2-3-18(12-21)27(34)32-7-9-36-10-8-32/h2-6,11-16H,7-10H2,1H3,(H2,28,33)(H,29,30,31). The number of benzene rings is 3. The lowest BCUT2D eigenvalue weighted by molar-refractivity contribution is 0.0303. The van der Waals surface area contributed by atoms with Gasteiger partial charge >= 0.3 is 0 Å². The van der Waals surface area contributed by atoms with Crippen LogP contribution in [0.15, 0.2) is 67.0 Å². The third-order valence-electron chi connectivity index (χ3n) is 6.07. The van der Waals surface area contributed by atoms with Crippen LogP contribution in [0.4, 0.5) is 11.5 Å². The molecule has 0 atom stereocenters. The first-order valence-electron chi connectivity index (χ1n) is 11.5. The number of morpholine rings is 1. The maximum absolute atomic E-state index is 12.9. The number of nitrogens with one attached hydrogen (secondary N) is 1. The fraction of sp³-hybridized carbons (Fsp3) is 0.185. The number of amides is 2. The second-order valence-corrected chi connectivity index (χ2v) is 8.38. The summed E-state index contributed by atoms with van der Waals surface area (Å²) < 4.78 is 10.7. The van der Waals surface area contributed by atoms with E-state index in [-0.39, 0.29) is 5.91 Å². The molecule has 0 aliphatic carbocycles. The van der Waals surface area contributed by atoms with Crippen LogP contribution < -0.4 is 15.8 Å². The number of hydrogen-bond donors (Lipinski definition) is 2. The van der Waals surface area contributed by atoms with Gasteiger partial charge in [0, 0.05) is 35.3 Å². The van der Waals surface area contributed by atoms with Gasteiger partial charge in [-0.1, -0.05) is 12.1 Å². The Morgan fingerprint density at radius 3 is 2.58 bits per heavy atom. The van der Waals surface area contributed by atoms with E-state index in [2.05, 4.69) is 15.3 Å². The monoisotopic (exact) mass is 483 g/mol. The van der Waals surface area contributed by atoms with Gasteiger partial charge < -0.3 is 25.4 Å². The molecule has 1 aromatic heterocycles. The van der Waals surface area contributed by atoms with E-state index < -0.39 is 5.91 Å². The Kier molecular flexibility index (Phi) is 6.46. The van der Waals surface area contributed by atoms with Crippen LogP contribution in [0.3, 0.4) is 0 Å². The number of primary amides is 1. The molecule has 0 saturated carbocycles. The van der Waals surface area contributed by atoms with E-state index in [1.807, 2.05) is 42.5 Å². The number of methoxy groups -OCH3 is 1. The Morgan fingerprint density at radius 1 is 0.972 bits per heavy atom. The first-order chi connectivity index (χ1) is 17.5. The highest BCUT2D eigenvalue weighted by atomic mass is 16.5. The van der Waals surface area contributed by atoms with Crippen LogP contribution in [0.25, 0.3) is 22.0 Å². The van der Waals surface area contributed by atoms with Gasteiger partial charge in [0.2, 0.25) is 5.91 Å². The van der Waals surface area contributed by atoms with Crippen molar-refractivity contribution in [1.82, 2.24) is 14.9 Å². The summed E-state index contributed by atoms with van der Waals surface area (Å²) in [6, 6.07) is 18.3. The second kappa shape index (κ2) is 10.0. The molecule has 0 unspecified atom stereocenters. The van der Waals surface area contributed by atoms with Crippen molar-refractivity contribution < 1.29 is 19.1 Å². The summed E-state index contributed by atoms with van der Waals surface area (Å²) in [6.45, 7) is 2.26. The van der Waals surface area contributed by atoms with Crippen LogP contribution in [0.1, 0.15) is 20.7 Å². The molecule has 0 spiro atoms. The molecule has 4 aromatic rings. The zero-order valence-corrected chi connectivity index (χ0v) is 19.7. The number of nitrogens with two attached hydrogens (primary N) is 1. The number of carbonyl (C=O) groups is 2. The Balaban J connectivity index is 1.48. The number of carbonyl (C=O) groups excluding carboxylic acids is 2. The number of anilines is 2. The van der Waals surface area contributed by atoms with Crippen molar-refractivity contribution in [1.29, 1.82) is 0 Å². The Labute approximate surface area is 207 Å². The van der Waals surface area contributed by atoms with E-state index in [9.17, 15) is 9.59 Å². The van der Waals surface area contributed by atoms with Gasteiger partial charge in [0.15, 0.2) is 0 Å². The molecule has 0 bridgehead atoms. The Hall–Kier alpha value is -4.50. The molecule has 3 aromatic carbocycles. The minimum atomic E-state index is -0.534. The van der Waals surface area contributed by atoms with E-state index >= 15 is 0 Å². The molecule has 0 radical (unpaired) electrons. The summed E-state index contributed by atoms with van der Waals surface area (Å²) in [6.07, 6.45) is 1.49. The zero-order valence-electron chi connectivity index (χ0n) is 19.7. The smallest absolute Gasteiger partial charge is 0.254 e. The van der Waals surface area contributed by atoms with Crippen molar-refractivity contribution >= 4 is 34.2 Å². The van der Waals surface area contributed by atoms with Crippen LogP contribution in [-0.2, 0) is 4.74 Å². The molecule has 9 heteroatoms. The van der Waals surface area contributed by atoms with Crippen LogP contribution >= 0.6 is 0 Å². The molecular weight excluding hydrogens is 458 g/mol. The van der Waals surface area contributed by atoms with E-state index in [4.69, 9.17) is 15.2 Å². The number of ether oxygens (including phenoxy) is 2. The van der Waals surface area contributed by atoms with Crippen LogP contribution in [0, 0.1) is 0 Å². The summed E-state index contributed by atoms with van der Waals surface area (Å²) in [5.41, 5.74) is 9.56. The molecule has 1 fully saturated rings. The lowest BCUT2D eigenvalue weighted by Gasteiger charge is -2.27. The zero-order chi connectivity index (χ0) is 25.1. The fourth-order valence-corrected chi connectivity index (χ4v) is 4.18. The number of aromatic nitrogens is 2. The predicted octanol–water partition coefficient (Wildman–Crippen LogP) is 3.62. The third-order valence-corrected chi connectivity index (χ3v) is 6.07. The van der Waals surface area contributed by atoms with Crippen molar-refractivity contribution in [2.24, 2.45) is 5.73 Å². The summed E-state index contributed by atoms with van der Waals surface area (Å²) >= 11 is 0. The minimum Gasteiger partial charge on any atom is -0.497 e. The van der Waals surface area contributed by atoms with Gasteiger partial charge in [-0.2, -0.15) is 0 Å². The summed E-state index contributed by atoms with van der Waals surface area (Å²) in [4.78, 5) is 35.3. The number of rotatable bonds is 6. The maximum atomic E-state index is 12.9. The van der Waals surface area contributed by atoms with Crippen molar-refractivity contribution in [3.05, 3.63) is 78.1 Å². The van der Waals surface area contributed by atoms with Gasteiger partial charge in [0.1, 0.15) is 17.9 Å². The van der Waals surface area contributed by atoms with Crippen molar-refractivity contribution in [3.63, 3.8) is 0 Å². The first-order valence-corrected chi connectivity index (χ1v) is 11.5. The van der Waals surface area contributed by atoms with E-state index in [1.165, 1.54) is 13.4 Å². The molecule has 36 heavy (non-hydrogen) atoms. The molecule has 3 N–H and O–H groups in total. The van der Waals surface area contributed by atoms with Gasteiger partial charge in [-0.15, -0.1) is 0 Å². The molecule has 1 aliphatic rings. The summed E-state index contributed by atoms with van der Waals surface area (Å²) in [5, 5.41) is 4.11. The minimum absolute atomic E-state index is 0.0277. The lowest BCUT2D eigenvalue weighted by Crippen LogP contribution is -2.40. The van der Waals surface area contributed by atoms with Crippen molar-refractivity contribution in [3.8, 4) is 16.9 Å². The highest BCUT2D eigenvalue weighted by Gasteiger charge is 2.19. The second-order valence-electron chi connectivity index (χ2n) is 8.38. The number of nitrogens with zero attached hydrogens (tertiary/aromatic N) is 3. The number of fused-ring (bicyclic) bond motifs is 1. The molecule has 9 nitrogen and oxygen atoms in total. The molecule has 2 heterocycles. The topological polar surface area (TPSA) is 120 Å². The fourth-order valence-electron chi connectivity index (χ4n) is 4.18. The average Bonchev–Trinajstić information content (AvgIpc) is 2.93. The highest BCUT2D eigenvalue weighted by Crippen LogP contribution is 2.31. The largest absolute Gasteiger partial charge is 0.497 e. The molecule has 1 saturated heterocycles. The molecule has 1 aliphatic heterocycles. The third kappa shape index (κ3) is 4.82. The van der Waals surface area contributed by atoms with Gasteiger partial charge in [-0.25, -0.2) is 9.97 Å². The lowest BCUT2D eigenvalue weighted by atomic mass is 10.0. The summed E-state index contributed by atoms with van der Waals surface area (Å²) in [5.74, 6) is 0.565. The average molecular weight is 484 g/mol. The Bertz CT molecular complexity index is 1450. The van der Waals surface area contributed by atoms with Crippen LogP contribution in [-0.4, -0.2) is 60.1 Å². The highest BCUT2D eigenvalue weighted by molar-refractivity contribution is 5.98. The van der Waals surface area contributed by atoms with Crippen molar-refractivity contribution in [2.45, 2.75) is 0 Å². The predicted molar refractivity (Wildman–Crippen MR) is 136 cm³/mol. The molecular formula is C27H25N5O4. The molecule has 5 rings (SSSR count). The quantitative estimate of drug-likeness (QED) is 0.430. The number of hydrogen-bond acceptors (Lipinski definition) is 7. The Morgan fingerprint density at radius 2 is 1.81 bits per heavy atom. The van der Waals surface area contributed by atoms with Crippen LogP contribution in [0.5, 0.6) is 5.75 Å².